The fraction of sp³-hybridized carbons (Fsp3) is 0.350. The number of carbonyl (C=O) groups is 2. The van der Waals surface area contributed by atoms with E-state index in [0.717, 1.165) is 18.9 Å². The number of aromatic nitrogens is 1. The molecule has 2 heterocycles. The minimum Gasteiger partial charge on any atom is -0.384 e. The third kappa shape index (κ3) is 3.40. The van der Waals surface area contributed by atoms with E-state index in [1.165, 1.54) is 35.8 Å². The number of rotatable bonds is 7. The SMILES string of the molecule is CCCCCCCc1ccc(-n2c(N)c3c(cc2=O)C(=O)NC3=O)cc1. The number of pyridine rings is 1. The summed E-state index contributed by atoms with van der Waals surface area (Å²) < 4.78 is 1.27. The molecule has 6 heteroatoms. The van der Waals surface area contributed by atoms with Crippen LogP contribution in [0.2, 0.25) is 0 Å². The summed E-state index contributed by atoms with van der Waals surface area (Å²) in [6.45, 7) is 2.20. The number of nitrogen functional groups attached to an aromatic ring is 1. The number of benzene rings is 1. The first-order valence-electron chi connectivity index (χ1n) is 9.03. The molecule has 1 aliphatic heterocycles. The van der Waals surface area contributed by atoms with Gasteiger partial charge in [0, 0.05) is 6.07 Å². The first-order chi connectivity index (χ1) is 12.5. The van der Waals surface area contributed by atoms with Crippen LogP contribution in [-0.2, 0) is 6.42 Å². The molecule has 0 spiro atoms. The summed E-state index contributed by atoms with van der Waals surface area (Å²) in [7, 11) is 0. The number of imide groups is 1. The lowest BCUT2D eigenvalue weighted by molar-refractivity contribution is 0.0880. The second-order valence-corrected chi connectivity index (χ2v) is 6.61. The second-order valence-electron chi connectivity index (χ2n) is 6.61. The minimum atomic E-state index is -0.584. The van der Waals surface area contributed by atoms with Crippen molar-refractivity contribution in [2.45, 2.75) is 45.4 Å². The highest BCUT2D eigenvalue weighted by atomic mass is 16.2. The van der Waals surface area contributed by atoms with Crippen LogP contribution < -0.4 is 16.6 Å². The number of fused-ring (bicyclic) bond motifs is 1. The molecule has 6 nitrogen and oxygen atoms in total. The van der Waals surface area contributed by atoms with Crippen LogP contribution in [0.25, 0.3) is 5.69 Å². The number of carbonyl (C=O) groups excluding carboxylic acids is 2. The van der Waals surface area contributed by atoms with Gasteiger partial charge in [-0.15, -0.1) is 0 Å². The molecule has 0 aliphatic carbocycles. The molecular formula is C20H23N3O3. The van der Waals surface area contributed by atoms with Gasteiger partial charge in [-0.05, 0) is 30.5 Å². The molecule has 3 rings (SSSR count). The van der Waals surface area contributed by atoms with Crippen molar-refractivity contribution >= 4 is 17.6 Å². The summed E-state index contributed by atoms with van der Waals surface area (Å²) in [5, 5.41) is 2.17. The Morgan fingerprint density at radius 2 is 1.65 bits per heavy atom. The van der Waals surface area contributed by atoms with Crippen molar-refractivity contribution in [2.75, 3.05) is 5.73 Å². The quantitative estimate of drug-likeness (QED) is 0.591. The Labute approximate surface area is 152 Å². The molecule has 0 bridgehead atoms. The van der Waals surface area contributed by atoms with Gasteiger partial charge < -0.3 is 5.73 Å². The van der Waals surface area contributed by atoms with Gasteiger partial charge in [-0.2, -0.15) is 0 Å². The molecule has 26 heavy (non-hydrogen) atoms. The molecule has 1 aromatic carbocycles. The first-order valence-corrected chi connectivity index (χ1v) is 9.03. The van der Waals surface area contributed by atoms with Crippen LogP contribution in [0.5, 0.6) is 0 Å². The van der Waals surface area contributed by atoms with Gasteiger partial charge in [-0.25, -0.2) is 0 Å². The average molecular weight is 353 g/mol. The number of unbranched alkanes of at least 4 members (excludes halogenated alkanes) is 4. The predicted octanol–water partition coefficient (Wildman–Crippen LogP) is 2.82. The lowest BCUT2D eigenvalue weighted by Crippen LogP contribution is -2.24. The molecule has 0 saturated carbocycles. The fourth-order valence-corrected chi connectivity index (χ4v) is 3.29. The van der Waals surface area contributed by atoms with Crippen LogP contribution in [0.4, 0.5) is 5.82 Å². The molecule has 2 amide bonds. The van der Waals surface area contributed by atoms with Crippen molar-refractivity contribution in [1.29, 1.82) is 0 Å². The second kappa shape index (κ2) is 7.56. The van der Waals surface area contributed by atoms with Crippen LogP contribution in [0.1, 0.15) is 65.3 Å². The third-order valence-corrected chi connectivity index (χ3v) is 4.72. The Bertz CT molecular complexity index is 898. The van der Waals surface area contributed by atoms with Crippen molar-refractivity contribution in [3.63, 3.8) is 0 Å². The Morgan fingerprint density at radius 3 is 2.35 bits per heavy atom. The summed E-state index contributed by atoms with van der Waals surface area (Å²) >= 11 is 0. The van der Waals surface area contributed by atoms with Gasteiger partial charge >= 0.3 is 0 Å². The van der Waals surface area contributed by atoms with Gasteiger partial charge in [-0.3, -0.25) is 24.3 Å². The lowest BCUT2D eigenvalue weighted by atomic mass is 10.0. The Morgan fingerprint density at radius 1 is 0.962 bits per heavy atom. The Kier molecular flexibility index (Phi) is 5.21. The van der Waals surface area contributed by atoms with E-state index in [4.69, 9.17) is 5.73 Å². The number of hydrogen-bond donors (Lipinski definition) is 2. The lowest BCUT2D eigenvalue weighted by Gasteiger charge is -2.12. The molecule has 0 unspecified atom stereocenters. The normalized spacial score (nSPS) is 13.0. The minimum absolute atomic E-state index is 0.0110. The van der Waals surface area contributed by atoms with E-state index in [-0.39, 0.29) is 16.9 Å². The van der Waals surface area contributed by atoms with Gasteiger partial charge in [0.15, 0.2) is 0 Å². The van der Waals surface area contributed by atoms with E-state index < -0.39 is 17.4 Å². The van der Waals surface area contributed by atoms with Crippen molar-refractivity contribution in [2.24, 2.45) is 0 Å². The topological polar surface area (TPSA) is 94.2 Å². The van der Waals surface area contributed by atoms with Crippen LogP contribution in [0.15, 0.2) is 35.1 Å². The van der Waals surface area contributed by atoms with Crippen molar-refractivity contribution in [3.05, 3.63) is 57.4 Å². The van der Waals surface area contributed by atoms with E-state index in [9.17, 15) is 14.4 Å². The highest BCUT2D eigenvalue weighted by Crippen LogP contribution is 2.23. The summed E-state index contributed by atoms with van der Waals surface area (Å²) in [4.78, 5) is 36.0. The van der Waals surface area contributed by atoms with Crippen LogP contribution in [-0.4, -0.2) is 16.4 Å². The highest BCUT2D eigenvalue weighted by molar-refractivity contribution is 6.23. The largest absolute Gasteiger partial charge is 0.384 e. The van der Waals surface area contributed by atoms with Gasteiger partial charge in [0.2, 0.25) is 0 Å². The van der Waals surface area contributed by atoms with Gasteiger partial charge in [0.25, 0.3) is 17.4 Å². The van der Waals surface area contributed by atoms with Gasteiger partial charge in [0.05, 0.1) is 16.8 Å². The molecular weight excluding hydrogens is 330 g/mol. The van der Waals surface area contributed by atoms with Gasteiger partial charge in [0.1, 0.15) is 5.82 Å². The molecule has 0 atom stereocenters. The molecule has 0 fully saturated rings. The van der Waals surface area contributed by atoms with E-state index in [1.54, 1.807) is 0 Å². The van der Waals surface area contributed by atoms with Crippen LogP contribution >= 0.6 is 0 Å². The number of hydrogen-bond acceptors (Lipinski definition) is 4. The fourth-order valence-electron chi connectivity index (χ4n) is 3.29. The molecule has 0 radical (unpaired) electrons. The van der Waals surface area contributed by atoms with E-state index in [1.807, 2.05) is 24.3 Å². The maximum atomic E-state index is 12.4. The molecule has 1 aromatic heterocycles. The van der Waals surface area contributed by atoms with Crippen molar-refractivity contribution < 1.29 is 9.59 Å². The number of nitrogens with one attached hydrogen (secondary N) is 1. The molecule has 0 saturated heterocycles. The van der Waals surface area contributed by atoms with E-state index in [2.05, 4.69) is 12.2 Å². The first kappa shape index (κ1) is 17.9. The van der Waals surface area contributed by atoms with Crippen molar-refractivity contribution in [3.8, 4) is 5.69 Å². The predicted molar refractivity (Wildman–Crippen MR) is 101 cm³/mol. The molecule has 3 N–H and O–H groups in total. The molecule has 136 valence electrons. The summed E-state index contributed by atoms with van der Waals surface area (Å²) in [6, 6.07) is 8.74. The summed E-state index contributed by atoms with van der Waals surface area (Å²) in [6.07, 6.45) is 7.12. The maximum Gasteiger partial charge on any atom is 0.262 e. The number of aryl methyl sites for hydroxylation is 1. The Balaban J connectivity index is 1.82. The van der Waals surface area contributed by atoms with E-state index in [0.29, 0.717) is 5.69 Å². The number of nitrogens with two attached hydrogens (primary N) is 1. The maximum absolute atomic E-state index is 12.4. The average Bonchev–Trinajstić information content (AvgIpc) is 2.90. The third-order valence-electron chi connectivity index (χ3n) is 4.72. The number of amides is 2. The van der Waals surface area contributed by atoms with Crippen LogP contribution in [0, 0.1) is 0 Å². The monoisotopic (exact) mass is 353 g/mol. The molecule has 1 aliphatic rings. The highest BCUT2D eigenvalue weighted by Gasteiger charge is 2.31. The van der Waals surface area contributed by atoms with Crippen molar-refractivity contribution in [1.82, 2.24) is 9.88 Å². The number of nitrogens with zero attached hydrogens (tertiary/aromatic N) is 1. The summed E-state index contributed by atoms with van der Waals surface area (Å²) in [5.74, 6) is -1.16. The van der Waals surface area contributed by atoms with Gasteiger partial charge in [-0.1, -0.05) is 44.7 Å². The smallest absolute Gasteiger partial charge is 0.262 e. The zero-order valence-corrected chi connectivity index (χ0v) is 14.9. The number of anilines is 1. The van der Waals surface area contributed by atoms with E-state index >= 15 is 0 Å². The zero-order chi connectivity index (χ0) is 18.7. The Hall–Kier alpha value is -2.89. The molecule has 2 aromatic rings. The standard InChI is InChI=1S/C20H23N3O3/c1-2-3-4-5-6-7-13-8-10-14(11-9-13)23-16(24)12-15-17(18(23)21)20(26)22-19(15)25/h8-12H,2-7,21H2,1H3,(H,22,25,26). The van der Waals surface area contributed by atoms with Crippen LogP contribution in [0.3, 0.4) is 0 Å². The zero-order valence-electron chi connectivity index (χ0n) is 14.9. The summed E-state index contributed by atoms with van der Waals surface area (Å²) in [5.41, 5.74) is 7.49.